The second-order valence-corrected chi connectivity index (χ2v) is 9.83. The van der Waals surface area contributed by atoms with E-state index in [1.165, 1.54) is 0 Å². The molecule has 1 rings (SSSR count). The summed E-state index contributed by atoms with van der Waals surface area (Å²) in [6.07, 6.45) is 0. The second-order valence-electron chi connectivity index (χ2n) is 4.54. The van der Waals surface area contributed by atoms with E-state index in [2.05, 4.69) is 41.6 Å². The fourth-order valence-electron chi connectivity index (χ4n) is 1.30. The molecule has 0 bridgehead atoms. The van der Waals surface area contributed by atoms with Crippen LogP contribution in [0.5, 0.6) is 11.5 Å². The van der Waals surface area contributed by atoms with Gasteiger partial charge in [-0.15, -0.1) is 0 Å². The lowest BCUT2D eigenvalue weighted by molar-refractivity contribution is 0.326. The van der Waals surface area contributed by atoms with Crippen LogP contribution in [0.1, 0.15) is 12.5 Å². The van der Waals surface area contributed by atoms with Crippen molar-refractivity contribution < 1.29 is 9.16 Å². The van der Waals surface area contributed by atoms with Gasteiger partial charge in [-0.2, -0.15) is 5.26 Å². The van der Waals surface area contributed by atoms with Crippen molar-refractivity contribution in [1.29, 1.82) is 5.26 Å². The molecule has 0 fully saturated rings. The molecule has 1 aromatic carbocycles. The third-order valence-electron chi connectivity index (χ3n) is 1.85. The number of ether oxygens (including phenoxy) is 1. The Kier molecular flexibility index (Phi) is 4.60. The topological polar surface area (TPSA) is 42.2 Å². The average Bonchev–Trinajstić information content (AvgIpc) is 2.21. The molecule has 0 heterocycles. The molecule has 0 radical (unpaired) electrons. The van der Waals surface area contributed by atoms with Gasteiger partial charge in [0.1, 0.15) is 0 Å². The summed E-state index contributed by atoms with van der Waals surface area (Å²) in [5.74, 6) is 1.32. The lowest BCUT2D eigenvalue weighted by atomic mass is 10.2. The standard InChI is InChI=1S/C12H16BrNO2Si/c1-5-15-11-7-9(8-14)6-10(13)12(11)16-17(2,3)4/h6-7H,5H2,1-4H3. The molecule has 5 heteroatoms. The molecule has 1 aromatic rings. The number of halogens is 1. The van der Waals surface area contributed by atoms with Crippen LogP contribution in [-0.2, 0) is 0 Å². The van der Waals surface area contributed by atoms with Crippen LogP contribution in [0, 0.1) is 11.3 Å². The quantitative estimate of drug-likeness (QED) is 0.791. The summed E-state index contributed by atoms with van der Waals surface area (Å²) in [4.78, 5) is 0. The largest absolute Gasteiger partial charge is 0.541 e. The molecule has 0 saturated heterocycles. The highest BCUT2D eigenvalue weighted by Gasteiger charge is 2.21. The molecular formula is C12H16BrNO2Si. The molecule has 0 aliphatic rings. The van der Waals surface area contributed by atoms with Crippen LogP contribution in [0.2, 0.25) is 19.6 Å². The maximum absolute atomic E-state index is 8.92. The van der Waals surface area contributed by atoms with Gasteiger partial charge in [0.2, 0.25) is 8.32 Å². The summed E-state index contributed by atoms with van der Waals surface area (Å²) in [5, 5.41) is 8.92. The van der Waals surface area contributed by atoms with Crippen LogP contribution < -0.4 is 9.16 Å². The summed E-state index contributed by atoms with van der Waals surface area (Å²) in [5.41, 5.74) is 0.559. The van der Waals surface area contributed by atoms with Crippen LogP contribution in [0.15, 0.2) is 16.6 Å². The normalized spacial score (nSPS) is 10.8. The van der Waals surface area contributed by atoms with Gasteiger partial charge in [-0.1, -0.05) is 0 Å². The van der Waals surface area contributed by atoms with Crippen molar-refractivity contribution in [2.75, 3.05) is 6.61 Å². The van der Waals surface area contributed by atoms with Crippen molar-refractivity contribution in [2.24, 2.45) is 0 Å². The molecule has 0 unspecified atom stereocenters. The van der Waals surface area contributed by atoms with E-state index in [1.54, 1.807) is 12.1 Å². The van der Waals surface area contributed by atoms with Gasteiger partial charge in [0.05, 0.1) is 22.7 Å². The van der Waals surface area contributed by atoms with Gasteiger partial charge in [-0.3, -0.25) is 0 Å². The average molecular weight is 314 g/mol. The molecule has 0 amide bonds. The number of benzene rings is 1. The van der Waals surface area contributed by atoms with Gasteiger partial charge in [0.25, 0.3) is 0 Å². The first-order valence-electron chi connectivity index (χ1n) is 5.43. The van der Waals surface area contributed by atoms with E-state index in [0.29, 0.717) is 23.7 Å². The predicted molar refractivity (Wildman–Crippen MR) is 74.0 cm³/mol. The molecule has 0 N–H and O–H groups in total. The molecule has 0 aromatic heterocycles. The Labute approximate surface area is 112 Å². The molecule has 0 aliphatic heterocycles. The van der Waals surface area contributed by atoms with Crippen molar-refractivity contribution in [3.8, 4) is 17.6 Å². The minimum atomic E-state index is -1.71. The second kappa shape index (κ2) is 5.56. The Hall–Kier alpha value is -0.993. The van der Waals surface area contributed by atoms with E-state index in [9.17, 15) is 0 Å². The maximum Gasteiger partial charge on any atom is 0.242 e. The molecule has 17 heavy (non-hydrogen) atoms. The van der Waals surface area contributed by atoms with Gasteiger partial charge in [-0.25, -0.2) is 0 Å². The maximum atomic E-state index is 8.92. The zero-order chi connectivity index (χ0) is 13.1. The number of nitriles is 1. The number of rotatable bonds is 4. The highest BCUT2D eigenvalue weighted by Crippen LogP contribution is 2.38. The van der Waals surface area contributed by atoms with E-state index < -0.39 is 8.32 Å². The molecule has 0 spiro atoms. The molecular weight excluding hydrogens is 298 g/mol. The van der Waals surface area contributed by atoms with Crippen molar-refractivity contribution in [3.63, 3.8) is 0 Å². The first kappa shape index (κ1) is 14.1. The summed E-state index contributed by atoms with van der Waals surface area (Å²) < 4.78 is 12.3. The lowest BCUT2D eigenvalue weighted by Gasteiger charge is -2.22. The third-order valence-corrected chi connectivity index (χ3v) is 3.25. The molecule has 0 saturated carbocycles. The smallest absolute Gasteiger partial charge is 0.242 e. The summed E-state index contributed by atoms with van der Waals surface area (Å²) >= 11 is 3.43. The highest BCUT2D eigenvalue weighted by molar-refractivity contribution is 9.10. The fraction of sp³-hybridized carbons (Fsp3) is 0.417. The van der Waals surface area contributed by atoms with Crippen molar-refractivity contribution in [3.05, 3.63) is 22.2 Å². The number of hydrogen-bond acceptors (Lipinski definition) is 3. The van der Waals surface area contributed by atoms with Crippen LogP contribution >= 0.6 is 15.9 Å². The zero-order valence-corrected chi connectivity index (χ0v) is 13.1. The van der Waals surface area contributed by atoms with Gasteiger partial charge in [0, 0.05) is 6.07 Å². The van der Waals surface area contributed by atoms with Crippen LogP contribution in [0.4, 0.5) is 0 Å². The number of hydrogen-bond donors (Lipinski definition) is 0. The van der Waals surface area contributed by atoms with E-state index >= 15 is 0 Å². The van der Waals surface area contributed by atoms with E-state index in [-0.39, 0.29) is 0 Å². The van der Waals surface area contributed by atoms with Crippen LogP contribution in [0.3, 0.4) is 0 Å². The third kappa shape index (κ3) is 4.06. The van der Waals surface area contributed by atoms with E-state index in [4.69, 9.17) is 14.4 Å². The lowest BCUT2D eigenvalue weighted by Crippen LogP contribution is -2.29. The SMILES string of the molecule is CCOc1cc(C#N)cc(Br)c1O[Si](C)(C)C. The fourth-order valence-corrected chi connectivity index (χ4v) is 2.80. The summed E-state index contributed by atoms with van der Waals surface area (Å²) in [7, 11) is -1.71. The van der Waals surface area contributed by atoms with Gasteiger partial charge < -0.3 is 9.16 Å². The Balaban J connectivity index is 3.22. The van der Waals surface area contributed by atoms with Crippen LogP contribution in [0.25, 0.3) is 0 Å². The molecule has 3 nitrogen and oxygen atoms in total. The monoisotopic (exact) mass is 313 g/mol. The van der Waals surface area contributed by atoms with E-state index in [1.807, 2.05) is 6.92 Å². The number of nitrogens with zero attached hydrogens (tertiary/aromatic N) is 1. The molecule has 0 aliphatic carbocycles. The highest BCUT2D eigenvalue weighted by atomic mass is 79.9. The first-order valence-corrected chi connectivity index (χ1v) is 9.63. The van der Waals surface area contributed by atoms with Crippen molar-refractivity contribution in [1.82, 2.24) is 0 Å². The first-order chi connectivity index (χ1) is 7.87. The minimum absolute atomic E-state index is 0.545. The van der Waals surface area contributed by atoms with E-state index in [0.717, 1.165) is 4.47 Å². The van der Waals surface area contributed by atoms with Crippen LogP contribution in [-0.4, -0.2) is 14.9 Å². The zero-order valence-electron chi connectivity index (χ0n) is 10.5. The Bertz CT molecular complexity index is 449. The Morgan fingerprint density at radius 3 is 2.47 bits per heavy atom. The van der Waals surface area contributed by atoms with Gasteiger partial charge >= 0.3 is 0 Å². The Morgan fingerprint density at radius 2 is 2.00 bits per heavy atom. The minimum Gasteiger partial charge on any atom is -0.541 e. The Morgan fingerprint density at radius 1 is 1.35 bits per heavy atom. The van der Waals surface area contributed by atoms with Crippen molar-refractivity contribution in [2.45, 2.75) is 26.6 Å². The molecule has 92 valence electrons. The molecule has 0 atom stereocenters. The van der Waals surface area contributed by atoms with Gasteiger partial charge in [-0.05, 0) is 48.6 Å². The summed E-state index contributed by atoms with van der Waals surface area (Å²) in [6, 6.07) is 5.56. The predicted octanol–water partition coefficient (Wildman–Crippen LogP) is 3.93. The summed E-state index contributed by atoms with van der Waals surface area (Å²) in [6.45, 7) is 8.77. The van der Waals surface area contributed by atoms with Crippen molar-refractivity contribution >= 4 is 24.2 Å². The van der Waals surface area contributed by atoms with Gasteiger partial charge in [0.15, 0.2) is 11.5 Å².